The first kappa shape index (κ1) is 22.8. The van der Waals surface area contributed by atoms with Gasteiger partial charge in [0.25, 0.3) is 0 Å². The summed E-state index contributed by atoms with van der Waals surface area (Å²) in [7, 11) is 3.55. The predicted octanol–water partition coefficient (Wildman–Crippen LogP) is 3.86. The topological polar surface area (TPSA) is 61.4 Å². The molecule has 26 heavy (non-hydrogen) atoms. The molecular formula is C20H33IN4O. The number of nitrogens with one attached hydrogen (secondary N) is 3. The van der Waals surface area contributed by atoms with Gasteiger partial charge in [0, 0.05) is 44.3 Å². The Labute approximate surface area is 174 Å². The van der Waals surface area contributed by atoms with Crippen molar-refractivity contribution >= 4 is 40.8 Å². The normalized spacial score (nSPS) is 13.4. The van der Waals surface area contributed by atoms with Gasteiger partial charge in [0.2, 0.25) is 0 Å². The van der Waals surface area contributed by atoms with Crippen LogP contribution in [0.1, 0.15) is 31.9 Å². The molecule has 0 aliphatic carbocycles. The lowest BCUT2D eigenvalue weighted by Crippen LogP contribution is -2.45. The number of ether oxygens (including phenoxy) is 1. The van der Waals surface area contributed by atoms with Crippen LogP contribution in [0.15, 0.2) is 29.4 Å². The first-order chi connectivity index (χ1) is 11.9. The van der Waals surface area contributed by atoms with Crippen molar-refractivity contribution in [2.24, 2.45) is 10.4 Å². The van der Waals surface area contributed by atoms with Gasteiger partial charge in [0.05, 0.1) is 6.10 Å². The summed E-state index contributed by atoms with van der Waals surface area (Å²) in [6, 6.07) is 6.42. The molecule has 1 aromatic heterocycles. The number of aryl methyl sites for hydroxylation is 1. The van der Waals surface area contributed by atoms with E-state index in [1.165, 1.54) is 22.0 Å². The first-order valence-corrected chi connectivity index (χ1v) is 8.89. The molecule has 3 N–H and O–H groups in total. The Kier molecular flexibility index (Phi) is 8.89. The Hall–Kier alpha value is -1.28. The van der Waals surface area contributed by atoms with E-state index in [0.29, 0.717) is 0 Å². The highest BCUT2D eigenvalue weighted by molar-refractivity contribution is 14.0. The van der Waals surface area contributed by atoms with Gasteiger partial charge in [-0.1, -0.05) is 39.0 Å². The van der Waals surface area contributed by atoms with Gasteiger partial charge < -0.3 is 20.4 Å². The Balaban J connectivity index is 0.00000338. The van der Waals surface area contributed by atoms with Crippen LogP contribution in [-0.2, 0) is 11.2 Å². The van der Waals surface area contributed by atoms with Gasteiger partial charge in [-0.25, -0.2) is 0 Å². The van der Waals surface area contributed by atoms with Crippen molar-refractivity contribution in [2.45, 2.75) is 40.2 Å². The van der Waals surface area contributed by atoms with Gasteiger partial charge in [-0.05, 0) is 29.9 Å². The molecule has 146 valence electrons. The summed E-state index contributed by atoms with van der Waals surface area (Å²) in [6.45, 7) is 10.2. The molecule has 5 nitrogen and oxygen atoms in total. The summed E-state index contributed by atoms with van der Waals surface area (Å²) in [5, 5.41) is 8.05. The van der Waals surface area contributed by atoms with Gasteiger partial charge >= 0.3 is 0 Å². The number of aromatic amines is 1. The second kappa shape index (κ2) is 10.2. The van der Waals surface area contributed by atoms with E-state index >= 15 is 0 Å². The number of aromatic nitrogens is 1. The predicted molar refractivity (Wildman–Crippen MR) is 122 cm³/mol. The smallest absolute Gasteiger partial charge is 0.191 e. The van der Waals surface area contributed by atoms with E-state index in [1.54, 1.807) is 14.2 Å². The number of guanidine groups is 1. The number of para-hydroxylation sites is 1. The Morgan fingerprint density at radius 2 is 2.00 bits per heavy atom. The van der Waals surface area contributed by atoms with Gasteiger partial charge in [-0.15, -0.1) is 24.0 Å². The molecule has 1 heterocycles. The molecule has 1 atom stereocenters. The zero-order valence-corrected chi connectivity index (χ0v) is 19.1. The zero-order valence-electron chi connectivity index (χ0n) is 16.8. The van der Waals surface area contributed by atoms with Crippen LogP contribution >= 0.6 is 24.0 Å². The van der Waals surface area contributed by atoms with Crippen molar-refractivity contribution in [1.82, 2.24) is 15.6 Å². The lowest BCUT2D eigenvalue weighted by Gasteiger charge is -2.30. The minimum atomic E-state index is 0. The summed E-state index contributed by atoms with van der Waals surface area (Å²) in [4.78, 5) is 7.69. The van der Waals surface area contributed by atoms with Crippen LogP contribution in [0.3, 0.4) is 0 Å². The number of methoxy groups -OCH3 is 1. The fraction of sp³-hybridized carbons (Fsp3) is 0.550. The monoisotopic (exact) mass is 472 g/mol. The highest BCUT2D eigenvalue weighted by atomic mass is 127. The molecule has 0 saturated carbocycles. The quantitative estimate of drug-likeness (QED) is 0.340. The molecule has 0 aliphatic heterocycles. The molecule has 0 amide bonds. The van der Waals surface area contributed by atoms with Crippen LogP contribution in [0, 0.1) is 12.3 Å². The standard InChI is InChI=1S/C20H32N4O.HI/c1-14-8-7-9-16-15(12-23-18(14)16)10-11-22-19(21-5)24-13-17(25-6)20(2,3)4;/h7-9,12,17,23H,10-11,13H2,1-6H3,(H2,21,22,24);1H. The zero-order chi connectivity index (χ0) is 18.4. The van der Waals surface area contributed by atoms with Crippen LogP contribution < -0.4 is 10.6 Å². The Morgan fingerprint density at radius 1 is 1.27 bits per heavy atom. The molecule has 0 aliphatic rings. The number of H-pyrrole nitrogens is 1. The van der Waals surface area contributed by atoms with E-state index in [0.717, 1.165) is 25.5 Å². The summed E-state index contributed by atoms with van der Waals surface area (Å²) in [5.41, 5.74) is 3.92. The maximum Gasteiger partial charge on any atom is 0.191 e. The Bertz CT molecular complexity index is 718. The average molecular weight is 472 g/mol. The summed E-state index contributed by atoms with van der Waals surface area (Å²) >= 11 is 0. The molecule has 0 spiro atoms. The van der Waals surface area contributed by atoms with Gasteiger partial charge in [0.1, 0.15) is 0 Å². The minimum absolute atomic E-state index is 0. The lowest BCUT2D eigenvalue weighted by molar-refractivity contribution is 0.0205. The SMILES string of the molecule is CN=C(NCCc1c[nH]c2c(C)cccc12)NCC(OC)C(C)(C)C.I. The van der Waals surface area contributed by atoms with Crippen molar-refractivity contribution in [3.63, 3.8) is 0 Å². The van der Waals surface area contributed by atoms with E-state index in [2.05, 4.69) is 72.7 Å². The minimum Gasteiger partial charge on any atom is -0.379 e. The average Bonchev–Trinajstić information content (AvgIpc) is 2.97. The molecular weight excluding hydrogens is 439 g/mol. The molecule has 2 rings (SSSR count). The van der Waals surface area contributed by atoms with Crippen molar-refractivity contribution < 1.29 is 4.74 Å². The molecule has 0 bridgehead atoms. The van der Waals surface area contributed by atoms with Gasteiger partial charge in [-0.2, -0.15) is 0 Å². The van der Waals surface area contributed by atoms with E-state index in [4.69, 9.17) is 4.74 Å². The second-order valence-electron chi connectivity index (χ2n) is 7.53. The van der Waals surface area contributed by atoms with Crippen LogP contribution in [0.5, 0.6) is 0 Å². The van der Waals surface area contributed by atoms with E-state index < -0.39 is 0 Å². The summed E-state index contributed by atoms with van der Waals surface area (Å²) < 4.78 is 5.58. The van der Waals surface area contributed by atoms with Crippen LogP contribution in [-0.4, -0.2) is 44.3 Å². The van der Waals surface area contributed by atoms with E-state index in [1.807, 2.05) is 0 Å². The number of benzene rings is 1. The third-order valence-corrected chi connectivity index (χ3v) is 4.63. The number of hydrogen-bond acceptors (Lipinski definition) is 2. The number of halogens is 1. The summed E-state index contributed by atoms with van der Waals surface area (Å²) in [5.74, 6) is 0.808. The number of rotatable bonds is 6. The Morgan fingerprint density at radius 3 is 2.62 bits per heavy atom. The molecule has 6 heteroatoms. The highest BCUT2D eigenvalue weighted by Gasteiger charge is 2.24. The molecule has 0 fully saturated rings. The molecule has 1 unspecified atom stereocenters. The fourth-order valence-corrected chi connectivity index (χ4v) is 3.04. The molecule has 0 saturated heterocycles. The number of fused-ring (bicyclic) bond motifs is 1. The van der Waals surface area contributed by atoms with Gasteiger partial charge in [0.15, 0.2) is 5.96 Å². The molecule has 1 aromatic carbocycles. The van der Waals surface area contributed by atoms with E-state index in [9.17, 15) is 0 Å². The fourth-order valence-electron chi connectivity index (χ4n) is 3.04. The number of nitrogens with zero attached hydrogens (tertiary/aromatic N) is 1. The van der Waals surface area contributed by atoms with Crippen LogP contribution in [0.4, 0.5) is 0 Å². The van der Waals surface area contributed by atoms with Crippen molar-refractivity contribution in [3.05, 3.63) is 35.5 Å². The largest absolute Gasteiger partial charge is 0.379 e. The van der Waals surface area contributed by atoms with Crippen molar-refractivity contribution in [3.8, 4) is 0 Å². The lowest BCUT2D eigenvalue weighted by atomic mass is 9.89. The third kappa shape index (κ3) is 5.87. The second-order valence-corrected chi connectivity index (χ2v) is 7.53. The number of hydrogen-bond donors (Lipinski definition) is 3. The molecule has 2 aromatic rings. The maximum atomic E-state index is 5.58. The van der Waals surface area contributed by atoms with Crippen LogP contribution in [0.2, 0.25) is 0 Å². The molecule has 0 radical (unpaired) electrons. The maximum absolute atomic E-state index is 5.58. The van der Waals surface area contributed by atoms with E-state index in [-0.39, 0.29) is 35.5 Å². The highest BCUT2D eigenvalue weighted by Crippen LogP contribution is 2.22. The summed E-state index contributed by atoms with van der Waals surface area (Å²) in [6.07, 6.45) is 3.18. The third-order valence-electron chi connectivity index (χ3n) is 4.63. The van der Waals surface area contributed by atoms with Gasteiger partial charge in [-0.3, -0.25) is 4.99 Å². The first-order valence-electron chi connectivity index (χ1n) is 8.89. The van der Waals surface area contributed by atoms with Crippen molar-refractivity contribution in [2.75, 3.05) is 27.2 Å². The van der Waals surface area contributed by atoms with Crippen LogP contribution in [0.25, 0.3) is 10.9 Å². The number of aliphatic imine (C=N–C) groups is 1. The van der Waals surface area contributed by atoms with Crippen molar-refractivity contribution in [1.29, 1.82) is 0 Å².